The molecule has 29 heavy (non-hydrogen) atoms. The zero-order valence-electron chi connectivity index (χ0n) is 16.6. The molecule has 0 radical (unpaired) electrons. The van der Waals surface area contributed by atoms with Crippen molar-refractivity contribution >= 4 is 39.8 Å². The van der Waals surface area contributed by atoms with E-state index in [0.717, 1.165) is 53.8 Å². The maximum atomic E-state index is 13.0. The molecular formula is C22H24N2O4S. The van der Waals surface area contributed by atoms with Crippen LogP contribution in [0.4, 0.5) is 10.7 Å². The molecule has 4 rings (SSSR count). The van der Waals surface area contributed by atoms with E-state index in [1.54, 1.807) is 11.8 Å². The Bertz CT molecular complexity index is 981. The number of nitrogens with one attached hydrogen (secondary N) is 1. The number of fused-ring (bicyclic) bond motifs is 2. The minimum atomic E-state index is -0.905. The summed E-state index contributed by atoms with van der Waals surface area (Å²) in [6.07, 6.45) is 3.66. The van der Waals surface area contributed by atoms with E-state index in [9.17, 15) is 14.4 Å². The van der Waals surface area contributed by atoms with Crippen LogP contribution in [-0.2, 0) is 33.6 Å². The summed E-state index contributed by atoms with van der Waals surface area (Å²) in [5.41, 5.74) is 3.38. The zero-order valence-corrected chi connectivity index (χ0v) is 17.4. The molecule has 1 aromatic heterocycles. The van der Waals surface area contributed by atoms with E-state index >= 15 is 0 Å². The number of benzene rings is 1. The molecule has 0 saturated carbocycles. The average molecular weight is 413 g/mol. The van der Waals surface area contributed by atoms with Crippen molar-refractivity contribution in [3.63, 3.8) is 0 Å². The Morgan fingerprint density at radius 2 is 1.90 bits per heavy atom. The molecule has 0 saturated heterocycles. The zero-order chi connectivity index (χ0) is 20.5. The Hall–Kier alpha value is -2.67. The number of esters is 1. The highest BCUT2D eigenvalue weighted by atomic mass is 32.1. The third-order valence-corrected chi connectivity index (χ3v) is 6.66. The summed E-state index contributed by atoms with van der Waals surface area (Å²) in [6.45, 7) is 3.62. The summed E-state index contributed by atoms with van der Waals surface area (Å²) in [6, 6.07) is 7.79. The number of nitrogens with zero attached hydrogens (tertiary/aromatic N) is 1. The molecule has 1 N–H and O–H groups in total. The van der Waals surface area contributed by atoms with Crippen molar-refractivity contribution in [3.05, 3.63) is 45.8 Å². The molecule has 1 unspecified atom stereocenters. The van der Waals surface area contributed by atoms with Gasteiger partial charge in [0, 0.05) is 24.0 Å². The number of rotatable bonds is 4. The molecule has 152 valence electrons. The first kappa shape index (κ1) is 19.6. The molecule has 1 aliphatic carbocycles. The third kappa shape index (κ3) is 3.79. The van der Waals surface area contributed by atoms with Crippen LogP contribution < -0.4 is 10.2 Å². The summed E-state index contributed by atoms with van der Waals surface area (Å²) >= 11 is 1.44. The van der Waals surface area contributed by atoms with Crippen molar-refractivity contribution in [2.45, 2.75) is 52.1 Å². The molecular weight excluding hydrogens is 388 g/mol. The van der Waals surface area contributed by atoms with Gasteiger partial charge in [-0.3, -0.25) is 9.59 Å². The largest absolute Gasteiger partial charge is 0.449 e. The number of anilines is 2. The van der Waals surface area contributed by atoms with E-state index < -0.39 is 12.1 Å². The summed E-state index contributed by atoms with van der Waals surface area (Å²) in [5.74, 6) is -0.995. The molecule has 2 aliphatic rings. The van der Waals surface area contributed by atoms with Gasteiger partial charge in [-0.2, -0.15) is 0 Å². The predicted octanol–water partition coefficient (Wildman–Crippen LogP) is 3.72. The van der Waals surface area contributed by atoms with E-state index in [4.69, 9.17) is 4.74 Å². The van der Waals surface area contributed by atoms with Crippen molar-refractivity contribution in [1.29, 1.82) is 0 Å². The highest BCUT2D eigenvalue weighted by molar-refractivity contribution is 7.17. The number of hydrogen-bond donors (Lipinski definition) is 1. The number of amides is 2. The minimum absolute atomic E-state index is 0.226. The smallest absolute Gasteiger partial charge is 0.342 e. The fraction of sp³-hybridized carbons (Fsp3) is 0.409. The van der Waals surface area contributed by atoms with Crippen LogP contribution in [0.5, 0.6) is 0 Å². The molecule has 2 heterocycles. The summed E-state index contributed by atoms with van der Waals surface area (Å²) in [5, 5.41) is 3.29. The second-order valence-electron chi connectivity index (χ2n) is 7.51. The van der Waals surface area contributed by atoms with Gasteiger partial charge in [0.15, 0.2) is 6.10 Å². The molecule has 2 aromatic rings. The molecule has 0 bridgehead atoms. The van der Waals surface area contributed by atoms with Gasteiger partial charge in [-0.1, -0.05) is 18.2 Å². The van der Waals surface area contributed by atoms with E-state index in [1.807, 2.05) is 24.3 Å². The van der Waals surface area contributed by atoms with E-state index in [2.05, 4.69) is 5.32 Å². The number of aryl methyl sites for hydroxylation is 1. The number of carbonyl (C=O) groups is 3. The standard InChI is InChI=1S/C22H24N2O4S/c1-13(21(26)24-12-11-15-7-3-5-9-17(15)24)28-22(27)19-16-8-4-6-10-18(16)29-20(19)23-14(2)25/h3,5,7,9,13H,4,6,8,10-12H2,1-2H3,(H,23,25). The highest BCUT2D eigenvalue weighted by Crippen LogP contribution is 2.39. The second-order valence-corrected chi connectivity index (χ2v) is 8.62. The Kier molecular flexibility index (Phi) is 5.41. The fourth-order valence-electron chi connectivity index (χ4n) is 4.09. The molecule has 1 atom stereocenters. The monoisotopic (exact) mass is 412 g/mol. The molecule has 7 heteroatoms. The van der Waals surface area contributed by atoms with Gasteiger partial charge in [0.2, 0.25) is 5.91 Å². The Balaban J connectivity index is 1.54. The van der Waals surface area contributed by atoms with Gasteiger partial charge >= 0.3 is 5.97 Å². The Labute approximate surface area is 173 Å². The van der Waals surface area contributed by atoms with Gasteiger partial charge in [-0.05, 0) is 56.2 Å². The fourth-order valence-corrected chi connectivity index (χ4v) is 5.41. The average Bonchev–Trinajstić information content (AvgIpc) is 3.27. The maximum Gasteiger partial charge on any atom is 0.342 e. The minimum Gasteiger partial charge on any atom is -0.449 e. The first-order chi connectivity index (χ1) is 14.0. The van der Waals surface area contributed by atoms with Crippen LogP contribution in [0.3, 0.4) is 0 Å². The predicted molar refractivity (Wildman–Crippen MR) is 113 cm³/mol. The van der Waals surface area contributed by atoms with E-state index in [1.165, 1.54) is 18.3 Å². The Morgan fingerprint density at radius 3 is 2.69 bits per heavy atom. The number of hydrogen-bond acceptors (Lipinski definition) is 5. The highest BCUT2D eigenvalue weighted by Gasteiger charge is 2.32. The van der Waals surface area contributed by atoms with Crippen LogP contribution in [-0.4, -0.2) is 30.4 Å². The van der Waals surface area contributed by atoms with Crippen molar-refractivity contribution < 1.29 is 19.1 Å². The van der Waals surface area contributed by atoms with E-state index in [-0.39, 0.29) is 11.8 Å². The van der Waals surface area contributed by atoms with Crippen LogP contribution in [0.25, 0.3) is 0 Å². The lowest BCUT2D eigenvalue weighted by Gasteiger charge is -2.22. The number of para-hydroxylation sites is 1. The van der Waals surface area contributed by atoms with Crippen LogP contribution in [0.15, 0.2) is 24.3 Å². The number of thiophene rings is 1. The summed E-state index contributed by atoms with van der Waals surface area (Å²) in [4.78, 5) is 40.4. The second kappa shape index (κ2) is 7.99. The number of ether oxygens (including phenoxy) is 1. The van der Waals surface area contributed by atoms with Gasteiger partial charge in [-0.25, -0.2) is 4.79 Å². The van der Waals surface area contributed by atoms with Crippen molar-refractivity contribution in [1.82, 2.24) is 0 Å². The first-order valence-corrected chi connectivity index (χ1v) is 10.8. The van der Waals surface area contributed by atoms with Gasteiger partial charge in [-0.15, -0.1) is 11.3 Å². The summed E-state index contributed by atoms with van der Waals surface area (Å²) in [7, 11) is 0. The third-order valence-electron chi connectivity index (χ3n) is 5.45. The van der Waals surface area contributed by atoms with Crippen molar-refractivity contribution in [3.8, 4) is 0 Å². The molecule has 0 fully saturated rings. The van der Waals surface area contributed by atoms with E-state index in [0.29, 0.717) is 17.1 Å². The van der Waals surface area contributed by atoms with Gasteiger partial charge < -0.3 is 15.0 Å². The maximum absolute atomic E-state index is 13.0. The van der Waals surface area contributed by atoms with Gasteiger partial charge in [0.05, 0.1) is 5.56 Å². The topological polar surface area (TPSA) is 75.7 Å². The number of carbonyl (C=O) groups excluding carboxylic acids is 3. The van der Waals surface area contributed by atoms with Crippen LogP contribution in [0.2, 0.25) is 0 Å². The SMILES string of the molecule is CC(=O)Nc1sc2c(c1C(=O)OC(C)C(=O)N1CCc3ccccc31)CCCC2. The van der Waals surface area contributed by atoms with Crippen LogP contribution in [0, 0.1) is 0 Å². The first-order valence-electron chi connectivity index (χ1n) is 9.98. The molecule has 1 aromatic carbocycles. The molecule has 2 amide bonds. The van der Waals surface area contributed by atoms with Crippen LogP contribution in [0.1, 0.15) is 53.1 Å². The van der Waals surface area contributed by atoms with Gasteiger partial charge in [0.1, 0.15) is 5.00 Å². The normalized spacial score (nSPS) is 16.0. The van der Waals surface area contributed by atoms with Crippen molar-refractivity contribution in [2.24, 2.45) is 0 Å². The lowest BCUT2D eigenvalue weighted by Crippen LogP contribution is -2.39. The quantitative estimate of drug-likeness (QED) is 0.777. The molecule has 1 aliphatic heterocycles. The lowest BCUT2D eigenvalue weighted by atomic mass is 9.95. The Morgan fingerprint density at radius 1 is 1.14 bits per heavy atom. The van der Waals surface area contributed by atoms with Gasteiger partial charge in [0.25, 0.3) is 5.91 Å². The van der Waals surface area contributed by atoms with Crippen molar-refractivity contribution in [2.75, 3.05) is 16.8 Å². The van der Waals surface area contributed by atoms with Crippen LogP contribution >= 0.6 is 11.3 Å². The molecule has 6 nitrogen and oxygen atoms in total. The lowest BCUT2D eigenvalue weighted by molar-refractivity contribution is -0.126. The summed E-state index contributed by atoms with van der Waals surface area (Å²) < 4.78 is 5.60. The molecule has 0 spiro atoms.